The van der Waals surface area contributed by atoms with E-state index in [0.717, 1.165) is 17.6 Å². The first-order valence-corrected chi connectivity index (χ1v) is 7.17. The fraction of sp³-hybridized carbons (Fsp3) is 0.875. The highest BCUT2D eigenvalue weighted by Crippen LogP contribution is 2.36. The maximum Gasteiger partial charge on any atom is 0.101 e. The number of hydrogen-bond donors (Lipinski definition) is 2. The molecule has 0 amide bonds. The fourth-order valence-corrected chi connectivity index (χ4v) is 2.19. The zero-order chi connectivity index (χ0) is 15.4. The van der Waals surface area contributed by atoms with Crippen LogP contribution in [-0.4, -0.2) is 35.6 Å². The van der Waals surface area contributed by atoms with Gasteiger partial charge in [-0.3, -0.25) is 0 Å². The van der Waals surface area contributed by atoms with Gasteiger partial charge in [0.1, 0.15) is 6.10 Å². The van der Waals surface area contributed by atoms with Crippen LogP contribution in [0, 0.1) is 11.3 Å². The number of aliphatic hydroxyl groups is 2. The molecule has 0 heterocycles. The largest absolute Gasteiger partial charge is 0.390 e. The minimum atomic E-state index is -0.846. The van der Waals surface area contributed by atoms with Gasteiger partial charge in [0, 0.05) is 7.11 Å². The number of hydrogen-bond acceptors (Lipinski definition) is 3. The zero-order valence-electron chi connectivity index (χ0n) is 13.8. The van der Waals surface area contributed by atoms with E-state index < -0.39 is 12.2 Å². The van der Waals surface area contributed by atoms with Crippen LogP contribution in [0.3, 0.4) is 0 Å². The van der Waals surface area contributed by atoms with E-state index in [0.29, 0.717) is 5.92 Å². The first-order chi connectivity index (χ1) is 8.61. The Morgan fingerprint density at radius 3 is 1.95 bits per heavy atom. The van der Waals surface area contributed by atoms with Crippen LogP contribution in [0.5, 0.6) is 0 Å². The second-order valence-electron chi connectivity index (χ2n) is 6.26. The van der Waals surface area contributed by atoms with Gasteiger partial charge in [-0.15, -0.1) is 0 Å². The molecular formula is C16H32O3. The van der Waals surface area contributed by atoms with Gasteiger partial charge in [0.15, 0.2) is 0 Å². The molecule has 3 heteroatoms. The van der Waals surface area contributed by atoms with Crippen molar-refractivity contribution in [3.63, 3.8) is 0 Å². The Kier molecular flexibility index (Phi) is 7.27. The lowest BCUT2D eigenvalue weighted by molar-refractivity contribution is -0.0595. The van der Waals surface area contributed by atoms with Crippen LogP contribution in [0.4, 0.5) is 0 Å². The lowest BCUT2D eigenvalue weighted by Gasteiger charge is -2.39. The molecule has 0 aromatic rings. The summed E-state index contributed by atoms with van der Waals surface area (Å²) in [6.45, 7) is 14.0. The molecule has 0 aliphatic heterocycles. The zero-order valence-corrected chi connectivity index (χ0v) is 13.8. The van der Waals surface area contributed by atoms with Crippen molar-refractivity contribution in [2.24, 2.45) is 11.3 Å². The molecule has 1 unspecified atom stereocenters. The molecule has 0 bridgehead atoms. The van der Waals surface area contributed by atoms with E-state index in [4.69, 9.17) is 4.74 Å². The summed E-state index contributed by atoms with van der Waals surface area (Å²) < 4.78 is 5.27. The lowest BCUT2D eigenvalue weighted by Crippen LogP contribution is -2.44. The maximum absolute atomic E-state index is 10.5. The smallest absolute Gasteiger partial charge is 0.101 e. The third-order valence-electron chi connectivity index (χ3n) is 4.97. The summed E-state index contributed by atoms with van der Waals surface area (Å²) >= 11 is 0. The van der Waals surface area contributed by atoms with Crippen molar-refractivity contribution in [2.75, 3.05) is 7.11 Å². The van der Waals surface area contributed by atoms with E-state index >= 15 is 0 Å². The molecule has 19 heavy (non-hydrogen) atoms. The third kappa shape index (κ3) is 4.30. The minimum absolute atomic E-state index is 0.0476. The Morgan fingerprint density at radius 2 is 1.58 bits per heavy atom. The molecule has 114 valence electrons. The summed E-state index contributed by atoms with van der Waals surface area (Å²) in [7, 11) is 1.65. The summed E-state index contributed by atoms with van der Waals surface area (Å²) in [5, 5.41) is 20.9. The van der Waals surface area contributed by atoms with Gasteiger partial charge in [-0.1, -0.05) is 34.1 Å². The third-order valence-corrected chi connectivity index (χ3v) is 4.97. The Morgan fingerprint density at radius 1 is 1.11 bits per heavy atom. The molecule has 2 N–H and O–H groups in total. The van der Waals surface area contributed by atoms with E-state index in [1.165, 1.54) is 0 Å². The molecule has 0 aromatic heterocycles. The highest BCUT2D eigenvalue weighted by molar-refractivity contribution is 5.19. The van der Waals surface area contributed by atoms with E-state index in [1.807, 2.05) is 34.6 Å². The van der Waals surface area contributed by atoms with Crippen LogP contribution >= 0.6 is 0 Å². The van der Waals surface area contributed by atoms with Gasteiger partial charge in [-0.25, -0.2) is 0 Å². The van der Waals surface area contributed by atoms with Crippen LogP contribution in [0.2, 0.25) is 0 Å². The standard InChI is InChI=1S/C16H32O3/c1-9-10(2)16(6,7)15(18)14(17)12(4)11(3)13(5)19-8/h10,13-15,17-18H,9H2,1-8H3/b12-11+/t10-,13-,14?,15-/m0/s1. The first kappa shape index (κ1) is 18.6. The molecule has 0 aromatic carbocycles. The van der Waals surface area contributed by atoms with Gasteiger partial charge in [0.05, 0.1) is 12.2 Å². The van der Waals surface area contributed by atoms with Crippen molar-refractivity contribution < 1.29 is 14.9 Å². The van der Waals surface area contributed by atoms with Crippen molar-refractivity contribution >= 4 is 0 Å². The molecular weight excluding hydrogens is 240 g/mol. The summed E-state index contributed by atoms with van der Waals surface area (Å²) in [5.74, 6) is 0.338. The Labute approximate surface area is 118 Å². The Hall–Kier alpha value is -0.380. The lowest BCUT2D eigenvalue weighted by atomic mass is 9.71. The molecule has 3 nitrogen and oxygen atoms in total. The van der Waals surface area contributed by atoms with Crippen molar-refractivity contribution in [3.8, 4) is 0 Å². The van der Waals surface area contributed by atoms with Crippen molar-refractivity contribution in [1.29, 1.82) is 0 Å². The Bertz CT molecular complexity index is 307. The van der Waals surface area contributed by atoms with Crippen LogP contribution < -0.4 is 0 Å². The quantitative estimate of drug-likeness (QED) is 0.700. The van der Waals surface area contributed by atoms with Gasteiger partial charge in [0.25, 0.3) is 0 Å². The van der Waals surface area contributed by atoms with Crippen molar-refractivity contribution in [2.45, 2.75) is 73.2 Å². The molecule has 0 aliphatic rings. The molecule has 0 radical (unpaired) electrons. The predicted octanol–water partition coefficient (Wildman–Crippen LogP) is 3.15. The average molecular weight is 272 g/mol. The van der Waals surface area contributed by atoms with Gasteiger partial charge in [-0.2, -0.15) is 0 Å². The highest BCUT2D eigenvalue weighted by atomic mass is 16.5. The molecule has 0 spiro atoms. The van der Waals surface area contributed by atoms with Gasteiger partial charge >= 0.3 is 0 Å². The van der Waals surface area contributed by atoms with Crippen LogP contribution in [0.1, 0.15) is 54.9 Å². The SMILES string of the molecule is CC[C@H](C)C(C)(C)[C@@H](O)C(O)/C(C)=C(\C)[C@H](C)OC. The second kappa shape index (κ2) is 7.41. The number of aliphatic hydroxyl groups excluding tert-OH is 2. The van der Waals surface area contributed by atoms with E-state index in [1.54, 1.807) is 7.11 Å². The summed E-state index contributed by atoms with van der Waals surface area (Å²) in [6.07, 6.45) is -0.691. The van der Waals surface area contributed by atoms with E-state index in [2.05, 4.69) is 13.8 Å². The molecule has 4 atom stereocenters. The maximum atomic E-state index is 10.5. The summed E-state index contributed by atoms with van der Waals surface area (Å²) in [6, 6.07) is 0. The number of ether oxygens (including phenoxy) is 1. The molecule has 0 saturated heterocycles. The van der Waals surface area contributed by atoms with E-state index in [-0.39, 0.29) is 11.5 Å². The average Bonchev–Trinajstić information content (AvgIpc) is 2.41. The number of rotatable bonds is 7. The predicted molar refractivity (Wildman–Crippen MR) is 80.1 cm³/mol. The highest BCUT2D eigenvalue weighted by Gasteiger charge is 2.38. The van der Waals surface area contributed by atoms with Gasteiger partial charge in [-0.05, 0) is 43.3 Å². The van der Waals surface area contributed by atoms with Crippen molar-refractivity contribution in [3.05, 3.63) is 11.1 Å². The second-order valence-corrected chi connectivity index (χ2v) is 6.26. The summed E-state index contributed by atoms with van der Waals surface area (Å²) in [5.41, 5.74) is 1.46. The van der Waals surface area contributed by atoms with Crippen LogP contribution in [0.25, 0.3) is 0 Å². The van der Waals surface area contributed by atoms with Crippen molar-refractivity contribution in [1.82, 2.24) is 0 Å². The fourth-order valence-electron chi connectivity index (χ4n) is 2.19. The Balaban J connectivity index is 5.16. The molecule has 0 fully saturated rings. The van der Waals surface area contributed by atoms with Crippen LogP contribution in [-0.2, 0) is 4.74 Å². The van der Waals surface area contributed by atoms with Gasteiger partial charge < -0.3 is 14.9 Å². The molecule has 0 saturated carbocycles. The normalized spacial score (nSPS) is 20.5. The monoisotopic (exact) mass is 272 g/mol. The first-order valence-electron chi connectivity index (χ1n) is 7.17. The van der Waals surface area contributed by atoms with E-state index in [9.17, 15) is 10.2 Å². The van der Waals surface area contributed by atoms with Crippen LogP contribution in [0.15, 0.2) is 11.1 Å². The van der Waals surface area contributed by atoms with Gasteiger partial charge in [0.2, 0.25) is 0 Å². The minimum Gasteiger partial charge on any atom is -0.390 e. The number of methoxy groups -OCH3 is 1. The summed E-state index contributed by atoms with van der Waals surface area (Å²) in [4.78, 5) is 0. The molecule has 0 aliphatic carbocycles. The topological polar surface area (TPSA) is 49.7 Å². The molecule has 0 rings (SSSR count).